The quantitative estimate of drug-likeness (QED) is 0.528. The lowest BCUT2D eigenvalue weighted by atomic mass is 10.0. The molecule has 0 saturated carbocycles. The summed E-state index contributed by atoms with van der Waals surface area (Å²) in [5.74, 6) is 0.852. The fourth-order valence-electron chi connectivity index (χ4n) is 1.46. The zero-order valence-electron chi connectivity index (χ0n) is 7.55. The molecule has 0 aromatic carbocycles. The van der Waals surface area contributed by atoms with Gasteiger partial charge in [-0.05, 0) is 32.1 Å². The van der Waals surface area contributed by atoms with E-state index in [1.54, 1.807) is 0 Å². The summed E-state index contributed by atoms with van der Waals surface area (Å²) in [5.41, 5.74) is 0. The van der Waals surface area contributed by atoms with Crippen molar-refractivity contribution < 1.29 is 4.74 Å². The fourth-order valence-corrected chi connectivity index (χ4v) is 1.46. The van der Waals surface area contributed by atoms with Gasteiger partial charge in [-0.1, -0.05) is 19.1 Å². The summed E-state index contributed by atoms with van der Waals surface area (Å²) in [6.45, 7) is 5.30. The van der Waals surface area contributed by atoms with Crippen LogP contribution in [0.3, 0.4) is 0 Å². The summed E-state index contributed by atoms with van der Waals surface area (Å²) < 4.78 is 5.63. The van der Waals surface area contributed by atoms with Crippen molar-refractivity contribution in [2.45, 2.75) is 39.2 Å². The van der Waals surface area contributed by atoms with Crippen LogP contribution in [0.15, 0.2) is 12.2 Å². The van der Waals surface area contributed by atoms with Gasteiger partial charge in [0, 0.05) is 6.61 Å². The second-order valence-electron chi connectivity index (χ2n) is 3.41. The Morgan fingerprint density at radius 3 is 2.82 bits per heavy atom. The zero-order chi connectivity index (χ0) is 8.10. The molecule has 1 saturated heterocycles. The first-order valence-corrected chi connectivity index (χ1v) is 4.57. The molecular weight excluding hydrogens is 136 g/mol. The van der Waals surface area contributed by atoms with E-state index in [9.17, 15) is 0 Å². The van der Waals surface area contributed by atoms with Crippen molar-refractivity contribution in [3.05, 3.63) is 12.2 Å². The van der Waals surface area contributed by atoms with E-state index in [2.05, 4.69) is 26.0 Å². The molecule has 0 aromatic heterocycles. The molecule has 1 rings (SSSR count). The van der Waals surface area contributed by atoms with Crippen LogP contribution in [0.2, 0.25) is 0 Å². The first-order chi connectivity index (χ1) is 5.33. The van der Waals surface area contributed by atoms with Crippen molar-refractivity contribution in [2.24, 2.45) is 5.92 Å². The van der Waals surface area contributed by atoms with E-state index in [0.717, 1.165) is 12.5 Å². The zero-order valence-corrected chi connectivity index (χ0v) is 7.55. The van der Waals surface area contributed by atoms with Gasteiger partial charge < -0.3 is 4.74 Å². The summed E-state index contributed by atoms with van der Waals surface area (Å²) in [6, 6.07) is 0. The summed E-state index contributed by atoms with van der Waals surface area (Å²) in [5, 5.41) is 0. The Labute approximate surface area is 69.4 Å². The third-order valence-corrected chi connectivity index (χ3v) is 2.29. The maximum atomic E-state index is 5.63. The second-order valence-corrected chi connectivity index (χ2v) is 3.41. The van der Waals surface area contributed by atoms with Gasteiger partial charge in [-0.25, -0.2) is 0 Å². The van der Waals surface area contributed by atoms with Crippen LogP contribution in [0, 0.1) is 5.92 Å². The van der Waals surface area contributed by atoms with Crippen molar-refractivity contribution >= 4 is 0 Å². The van der Waals surface area contributed by atoms with Crippen LogP contribution in [0.25, 0.3) is 0 Å². The number of hydrogen-bond donors (Lipinski definition) is 0. The van der Waals surface area contributed by atoms with E-state index < -0.39 is 0 Å². The molecule has 2 unspecified atom stereocenters. The summed E-state index contributed by atoms with van der Waals surface area (Å²) in [6.07, 6.45) is 8.39. The maximum absolute atomic E-state index is 5.63. The van der Waals surface area contributed by atoms with Crippen LogP contribution < -0.4 is 0 Å². The standard InChI is InChI=1S/C10H18O/c1-3-4-10-6-5-9(2)7-8-11-10/h3-4,9-10H,5-8H2,1-2H3. The van der Waals surface area contributed by atoms with E-state index in [4.69, 9.17) is 4.74 Å². The molecule has 1 nitrogen and oxygen atoms in total. The van der Waals surface area contributed by atoms with E-state index in [-0.39, 0.29) is 0 Å². The lowest BCUT2D eigenvalue weighted by Gasteiger charge is -2.08. The highest BCUT2D eigenvalue weighted by atomic mass is 16.5. The van der Waals surface area contributed by atoms with Crippen LogP contribution in [0.5, 0.6) is 0 Å². The van der Waals surface area contributed by atoms with E-state index in [1.807, 2.05) is 0 Å². The SMILES string of the molecule is CC=CC1CCC(C)CCO1. The Kier molecular flexibility index (Phi) is 3.64. The second kappa shape index (κ2) is 4.55. The minimum atomic E-state index is 0.393. The highest BCUT2D eigenvalue weighted by Crippen LogP contribution is 2.19. The predicted octanol–water partition coefficient (Wildman–Crippen LogP) is 2.77. The monoisotopic (exact) mass is 154 g/mol. The molecule has 0 aliphatic carbocycles. The van der Waals surface area contributed by atoms with Gasteiger partial charge in [0.05, 0.1) is 6.10 Å². The molecule has 1 fully saturated rings. The Morgan fingerprint density at radius 2 is 2.09 bits per heavy atom. The van der Waals surface area contributed by atoms with Crippen molar-refractivity contribution in [1.29, 1.82) is 0 Å². The van der Waals surface area contributed by atoms with Crippen LogP contribution in [-0.2, 0) is 4.74 Å². The average Bonchev–Trinajstić information content (AvgIpc) is 2.17. The van der Waals surface area contributed by atoms with E-state index in [0.29, 0.717) is 6.10 Å². The topological polar surface area (TPSA) is 9.23 Å². The first-order valence-electron chi connectivity index (χ1n) is 4.57. The summed E-state index contributed by atoms with van der Waals surface area (Å²) in [4.78, 5) is 0. The molecule has 0 aromatic rings. The van der Waals surface area contributed by atoms with Gasteiger partial charge in [-0.15, -0.1) is 0 Å². The molecule has 1 heterocycles. The molecule has 1 aliphatic heterocycles. The molecule has 0 N–H and O–H groups in total. The summed E-state index contributed by atoms with van der Waals surface area (Å²) in [7, 11) is 0. The Balaban J connectivity index is 2.33. The van der Waals surface area contributed by atoms with Crippen LogP contribution in [0.4, 0.5) is 0 Å². The minimum Gasteiger partial charge on any atom is -0.374 e. The smallest absolute Gasteiger partial charge is 0.0755 e. The van der Waals surface area contributed by atoms with E-state index in [1.165, 1.54) is 19.3 Å². The lowest BCUT2D eigenvalue weighted by Crippen LogP contribution is -2.07. The number of rotatable bonds is 1. The van der Waals surface area contributed by atoms with Crippen molar-refractivity contribution in [1.82, 2.24) is 0 Å². The van der Waals surface area contributed by atoms with Crippen molar-refractivity contribution in [3.8, 4) is 0 Å². The molecule has 0 radical (unpaired) electrons. The van der Waals surface area contributed by atoms with Crippen LogP contribution in [0.1, 0.15) is 33.1 Å². The van der Waals surface area contributed by atoms with Gasteiger partial charge in [0.25, 0.3) is 0 Å². The molecule has 64 valence electrons. The number of hydrogen-bond acceptors (Lipinski definition) is 1. The maximum Gasteiger partial charge on any atom is 0.0755 e. The lowest BCUT2D eigenvalue weighted by molar-refractivity contribution is 0.0904. The van der Waals surface area contributed by atoms with Gasteiger partial charge >= 0.3 is 0 Å². The molecular formula is C10H18O. The van der Waals surface area contributed by atoms with Gasteiger partial charge in [0.1, 0.15) is 0 Å². The molecule has 1 aliphatic rings. The Morgan fingerprint density at radius 1 is 1.27 bits per heavy atom. The average molecular weight is 154 g/mol. The van der Waals surface area contributed by atoms with Gasteiger partial charge in [0.2, 0.25) is 0 Å². The van der Waals surface area contributed by atoms with Crippen molar-refractivity contribution in [3.63, 3.8) is 0 Å². The molecule has 0 spiro atoms. The van der Waals surface area contributed by atoms with Crippen LogP contribution >= 0.6 is 0 Å². The molecule has 2 atom stereocenters. The van der Waals surface area contributed by atoms with Crippen LogP contribution in [-0.4, -0.2) is 12.7 Å². The molecule has 1 heteroatoms. The fraction of sp³-hybridized carbons (Fsp3) is 0.800. The van der Waals surface area contributed by atoms with Gasteiger partial charge in [0.15, 0.2) is 0 Å². The molecule has 11 heavy (non-hydrogen) atoms. The van der Waals surface area contributed by atoms with E-state index >= 15 is 0 Å². The Bertz CT molecular complexity index is 129. The normalized spacial score (nSPS) is 34.0. The minimum absolute atomic E-state index is 0.393. The highest BCUT2D eigenvalue weighted by Gasteiger charge is 2.13. The third-order valence-electron chi connectivity index (χ3n) is 2.29. The summed E-state index contributed by atoms with van der Waals surface area (Å²) >= 11 is 0. The number of allylic oxidation sites excluding steroid dienone is 1. The van der Waals surface area contributed by atoms with Gasteiger partial charge in [-0.3, -0.25) is 0 Å². The predicted molar refractivity (Wildman–Crippen MR) is 47.6 cm³/mol. The highest BCUT2D eigenvalue weighted by molar-refractivity contribution is 4.87. The third kappa shape index (κ3) is 3.06. The largest absolute Gasteiger partial charge is 0.374 e. The number of ether oxygens (including phenoxy) is 1. The molecule has 0 bridgehead atoms. The molecule has 0 amide bonds. The van der Waals surface area contributed by atoms with Crippen molar-refractivity contribution in [2.75, 3.05) is 6.61 Å². The Hall–Kier alpha value is -0.300. The van der Waals surface area contributed by atoms with Gasteiger partial charge in [-0.2, -0.15) is 0 Å². The first kappa shape index (κ1) is 8.79.